The standard InChI is InChI=1S/C15H20N2S/c16-13-6-2-3-7-14(13)17-9-11-10-18-15-8-4-1-5-12(11)15/h1,4-5,8,10,13-14,17H,2-3,6-7,9,16H2. The number of hydrogen-bond donors (Lipinski definition) is 2. The van der Waals surface area contributed by atoms with E-state index in [9.17, 15) is 0 Å². The van der Waals surface area contributed by atoms with Crippen molar-refractivity contribution in [2.75, 3.05) is 0 Å². The van der Waals surface area contributed by atoms with Gasteiger partial charge in [-0.25, -0.2) is 0 Å². The minimum absolute atomic E-state index is 0.337. The molecule has 0 bridgehead atoms. The van der Waals surface area contributed by atoms with Gasteiger partial charge >= 0.3 is 0 Å². The second kappa shape index (κ2) is 5.39. The van der Waals surface area contributed by atoms with Gasteiger partial charge in [0.2, 0.25) is 0 Å². The summed E-state index contributed by atoms with van der Waals surface area (Å²) in [4.78, 5) is 0. The Hall–Kier alpha value is -0.900. The second-order valence-corrected chi connectivity index (χ2v) is 6.10. The van der Waals surface area contributed by atoms with E-state index in [0.717, 1.165) is 6.54 Å². The lowest BCUT2D eigenvalue weighted by Crippen LogP contribution is -2.46. The van der Waals surface area contributed by atoms with Crippen LogP contribution in [-0.2, 0) is 6.54 Å². The highest BCUT2D eigenvalue weighted by atomic mass is 32.1. The van der Waals surface area contributed by atoms with Crippen molar-refractivity contribution in [3.05, 3.63) is 35.2 Å². The monoisotopic (exact) mass is 260 g/mol. The summed E-state index contributed by atoms with van der Waals surface area (Å²) in [5.41, 5.74) is 7.58. The Morgan fingerprint density at radius 1 is 1.22 bits per heavy atom. The van der Waals surface area contributed by atoms with E-state index in [1.807, 2.05) is 11.3 Å². The first-order valence-electron chi connectivity index (χ1n) is 6.78. The SMILES string of the molecule is NC1CCCCC1NCc1csc2ccccc12. The van der Waals surface area contributed by atoms with E-state index in [1.54, 1.807) is 0 Å². The zero-order valence-electron chi connectivity index (χ0n) is 10.6. The van der Waals surface area contributed by atoms with Crippen molar-refractivity contribution in [3.8, 4) is 0 Å². The molecule has 0 amide bonds. The van der Waals surface area contributed by atoms with E-state index < -0.39 is 0 Å². The van der Waals surface area contributed by atoms with Gasteiger partial charge in [-0.05, 0) is 35.2 Å². The predicted octanol–water partition coefficient (Wildman–Crippen LogP) is 3.26. The molecule has 2 unspecified atom stereocenters. The Labute approximate surface area is 112 Å². The average molecular weight is 260 g/mol. The van der Waals surface area contributed by atoms with Crippen molar-refractivity contribution in [3.63, 3.8) is 0 Å². The van der Waals surface area contributed by atoms with E-state index >= 15 is 0 Å². The van der Waals surface area contributed by atoms with Gasteiger partial charge in [-0.15, -0.1) is 11.3 Å². The highest BCUT2D eigenvalue weighted by molar-refractivity contribution is 7.17. The highest BCUT2D eigenvalue weighted by Crippen LogP contribution is 2.26. The van der Waals surface area contributed by atoms with Crippen molar-refractivity contribution >= 4 is 21.4 Å². The topological polar surface area (TPSA) is 38.0 Å². The van der Waals surface area contributed by atoms with Crippen LogP contribution < -0.4 is 11.1 Å². The van der Waals surface area contributed by atoms with Gasteiger partial charge in [-0.2, -0.15) is 0 Å². The maximum absolute atomic E-state index is 6.17. The molecule has 2 nitrogen and oxygen atoms in total. The average Bonchev–Trinajstić information content (AvgIpc) is 2.81. The normalized spacial score (nSPS) is 24.5. The van der Waals surface area contributed by atoms with Crippen molar-refractivity contribution < 1.29 is 0 Å². The van der Waals surface area contributed by atoms with E-state index in [2.05, 4.69) is 35.0 Å². The fraction of sp³-hybridized carbons (Fsp3) is 0.467. The van der Waals surface area contributed by atoms with Gasteiger partial charge in [0.1, 0.15) is 0 Å². The van der Waals surface area contributed by atoms with Crippen molar-refractivity contribution in [2.24, 2.45) is 5.73 Å². The number of rotatable bonds is 3. The fourth-order valence-corrected chi connectivity index (χ4v) is 3.79. The summed E-state index contributed by atoms with van der Waals surface area (Å²) in [6, 6.07) is 9.46. The van der Waals surface area contributed by atoms with Crippen LogP contribution in [0, 0.1) is 0 Å². The third-order valence-corrected chi connectivity index (χ3v) is 4.95. The molecule has 0 spiro atoms. The van der Waals surface area contributed by atoms with Gasteiger partial charge in [0, 0.05) is 23.3 Å². The van der Waals surface area contributed by atoms with Crippen LogP contribution in [0.25, 0.3) is 10.1 Å². The third-order valence-electron chi connectivity index (χ3n) is 3.94. The molecule has 0 radical (unpaired) electrons. The molecule has 18 heavy (non-hydrogen) atoms. The Balaban J connectivity index is 1.69. The smallest absolute Gasteiger partial charge is 0.0346 e. The molecule has 1 heterocycles. The van der Waals surface area contributed by atoms with Crippen LogP contribution in [0.1, 0.15) is 31.2 Å². The van der Waals surface area contributed by atoms with E-state index in [1.165, 1.54) is 41.3 Å². The lowest BCUT2D eigenvalue weighted by Gasteiger charge is -2.29. The molecule has 3 N–H and O–H groups in total. The molecule has 1 aliphatic rings. The second-order valence-electron chi connectivity index (χ2n) is 5.19. The first kappa shape index (κ1) is 12.2. The van der Waals surface area contributed by atoms with Crippen molar-refractivity contribution in [2.45, 2.75) is 44.3 Å². The molecule has 3 rings (SSSR count). The van der Waals surface area contributed by atoms with E-state index in [-0.39, 0.29) is 0 Å². The van der Waals surface area contributed by atoms with Gasteiger partial charge in [0.15, 0.2) is 0 Å². The van der Waals surface area contributed by atoms with Crippen LogP contribution >= 0.6 is 11.3 Å². The van der Waals surface area contributed by atoms with Crippen molar-refractivity contribution in [1.82, 2.24) is 5.32 Å². The lowest BCUT2D eigenvalue weighted by atomic mass is 9.91. The van der Waals surface area contributed by atoms with Crippen LogP contribution in [0.4, 0.5) is 0 Å². The summed E-state index contributed by atoms with van der Waals surface area (Å²) in [6.07, 6.45) is 5.00. The Kier molecular flexibility index (Phi) is 3.64. The van der Waals surface area contributed by atoms with E-state index in [4.69, 9.17) is 5.73 Å². The molecule has 2 aromatic rings. The molecule has 1 aliphatic carbocycles. The van der Waals surface area contributed by atoms with Crippen molar-refractivity contribution in [1.29, 1.82) is 0 Å². The zero-order valence-corrected chi connectivity index (χ0v) is 11.4. The van der Waals surface area contributed by atoms with Crippen LogP contribution in [0.2, 0.25) is 0 Å². The largest absolute Gasteiger partial charge is 0.326 e. The molecular weight excluding hydrogens is 240 g/mol. The van der Waals surface area contributed by atoms with Gasteiger partial charge in [-0.3, -0.25) is 0 Å². The molecular formula is C15H20N2S. The third kappa shape index (κ3) is 2.44. The zero-order chi connectivity index (χ0) is 12.4. The summed E-state index contributed by atoms with van der Waals surface area (Å²) in [5.74, 6) is 0. The van der Waals surface area contributed by atoms with Gasteiger partial charge in [0.05, 0.1) is 0 Å². The summed E-state index contributed by atoms with van der Waals surface area (Å²) in [5, 5.41) is 7.31. The summed E-state index contributed by atoms with van der Waals surface area (Å²) < 4.78 is 1.38. The summed E-state index contributed by atoms with van der Waals surface area (Å²) >= 11 is 1.83. The molecule has 96 valence electrons. The highest BCUT2D eigenvalue weighted by Gasteiger charge is 2.21. The Morgan fingerprint density at radius 3 is 2.94 bits per heavy atom. The summed E-state index contributed by atoms with van der Waals surface area (Å²) in [7, 11) is 0. The number of benzene rings is 1. The van der Waals surface area contributed by atoms with Crippen LogP contribution in [0.5, 0.6) is 0 Å². The molecule has 3 heteroatoms. The maximum Gasteiger partial charge on any atom is 0.0346 e. The van der Waals surface area contributed by atoms with Crippen LogP contribution in [0.15, 0.2) is 29.6 Å². The number of hydrogen-bond acceptors (Lipinski definition) is 3. The maximum atomic E-state index is 6.17. The minimum Gasteiger partial charge on any atom is -0.326 e. The number of thiophene rings is 1. The van der Waals surface area contributed by atoms with Gasteiger partial charge < -0.3 is 11.1 Å². The molecule has 1 fully saturated rings. The first-order valence-corrected chi connectivity index (χ1v) is 7.66. The molecule has 0 saturated heterocycles. The molecule has 1 aromatic heterocycles. The van der Waals surface area contributed by atoms with Gasteiger partial charge in [0.25, 0.3) is 0 Å². The fourth-order valence-electron chi connectivity index (χ4n) is 2.82. The number of nitrogens with one attached hydrogen (secondary N) is 1. The van der Waals surface area contributed by atoms with Crippen LogP contribution in [-0.4, -0.2) is 12.1 Å². The quantitative estimate of drug-likeness (QED) is 0.889. The summed E-state index contributed by atoms with van der Waals surface area (Å²) in [6.45, 7) is 0.947. The number of nitrogens with two attached hydrogens (primary N) is 1. The molecule has 0 aliphatic heterocycles. The van der Waals surface area contributed by atoms with Gasteiger partial charge in [-0.1, -0.05) is 31.0 Å². The van der Waals surface area contributed by atoms with Crippen LogP contribution in [0.3, 0.4) is 0 Å². The molecule has 2 atom stereocenters. The lowest BCUT2D eigenvalue weighted by molar-refractivity contribution is 0.327. The molecule has 1 saturated carbocycles. The number of fused-ring (bicyclic) bond motifs is 1. The minimum atomic E-state index is 0.337. The predicted molar refractivity (Wildman–Crippen MR) is 78.9 cm³/mol. The Bertz CT molecular complexity index is 520. The first-order chi connectivity index (χ1) is 8.84. The van der Waals surface area contributed by atoms with E-state index in [0.29, 0.717) is 12.1 Å². The molecule has 1 aromatic carbocycles. The Morgan fingerprint density at radius 2 is 2.06 bits per heavy atom.